The minimum atomic E-state index is 0.708. The SMILES string of the molecule is COc1ccc(-c2nc(CSc3nncn3-c3ccccc3C)cs2)c(OC)c1. The fourth-order valence-electron chi connectivity index (χ4n) is 2.93. The van der Waals surface area contributed by atoms with Crippen molar-refractivity contribution >= 4 is 23.1 Å². The summed E-state index contributed by atoms with van der Waals surface area (Å²) in [4.78, 5) is 4.78. The molecule has 2 aromatic carbocycles. The Morgan fingerprint density at radius 3 is 2.76 bits per heavy atom. The monoisotopic (exact) mass is 424 g/mol. The molecule has 2 heterocycles. The van der Waals surface area contributed by atoms with E-state index in [1.807, 2.05) is 34.9 Å². The van der Waals surface area contributed by atoms with Gasteiger partial charge in [-0.15, -0.1) is 21.5 Å². The standard InChI is InChI=1S/C21H20N4O2S2/c1-14-6-4-5-7-18(14)25-13-22-24-21(25)29-12-15-11-28-20(23-15)17-9-8-16(26-2)10-19(17)27-3/h4-11,13H,12H2,1-3H3. The van der Waals surface area contributed by atoms with E-state index in [9.17, 15) is 0 Å². The molecular weight excluding hydrogens is 404 g/mol. The normalized spacial score (nSPS) is 10.9. The van der Waals surface area contributed by atoms with Crippen LogP contribution in [0.3, 0.4) is 0 Å². The summed E-state index contributed by atoms with van der Waals surface area (Å²) >= 11 is 3.21. The van der Waals surface area contributed by atoms with Gasteiger partial charge in [0.15, 0.2) is 5.16 Å². The zero-order chi connectivity index (χ0) is 20.2. The Morgan fingerprint density at radius 2 is 1.97 bits per heavy atom. The number of para-hydroxylation sites is 1. The van der Waals surface area contributed by atoms with E-state index in [1.54, 1.807) is 43.6 Å². The van der Waals surface area contributed by atoms with Crippen LogP contribution in [0, 0.1) is 6.92 Å². The molecule has 6 nitrogen and oxygen atoms in total. The first kappa shape index (κ1) is 19.5. The Labute approximate surface area is 177 Å². The summed E-state index contributed by atoms with van der Waals surface area (Å²) in [7, 11) is 3.30. The van der Waals surface area contributed by atoms with Crippen LogP contribution in [0.15, 0.2) is 59.3 Å². The fraction of sp³-hybridized carbons (Fsp3) is 0.190. The third-order valence-electron chi connectivity index (χ3n) is 4.43. The van der Waals surface area contributed by atoms with Gasteiger partial charge in [-0.25, -0.2) is 4.98 Å². The molecule has 0 radical (unpaired) electrons. The quantitative estimate of drug-likeness (QED) is 0.389. The van der Waals surface area contributed by atoms with E-state index >= 15 is 0 Å². The number of methoxy groups -OCH3 is 2. The summed E-state index contributed by atoms with van der Waals surface area (Å²) < 4.78 is 12.8. The van der Waals surface area contributed by atoms with Crippen molar-refractivity contribution in [3.05, 3.63) is 65.4 Å². The minimum Gasteiger partial charge on any atom is -0.497 e. The number of aryl methyl sites for hydroxylation is 1. The molecule has 0 N–H and O–H groups in total. The van der Waals surface area contributed by atoms with Crippen molar-refractivity contribution in [2.24, 2.45) is 0 Å². The van der Waals surface area contributed by atoms with Crippen LogP contribution in [0.25, 0.3) is 16.3 Å². The average Bonchev–Trinajstić information content (AvgIpc) is 3.41. The van der Waals surface area contributed by atoms with Crippen LogP contribution in [0.2, 0.25) is 0 Å². The average molecular weight is 425 g/mol. The van der Waals surface area contributed by atoms with Crippen LogP contribution < -0.4 is 9.47 Å². The van der Waals surface area contributed by atoms with E-state index in [4.69, 9.17) is 14.5 Å². The highest BCUT2D eigenvalue weighted by Gasteiger charge is 2.14. The number of thiazole rings is 1. The van der Waals surface area contributed by atoms with Crippen LogP contribution in [-0.2, 0) is 5.75 Å². The van der Waals surface area contributed by atoms with Gasteiger partial charge in [0, 0.05) is 17.2 Å². The lowest BCUT2D eigenvalue weighted by molar-refractivity contribution is 0.395. The number of hydrogen-bond acceptors (Lipinski definition) is 7. The molecule has 0 spiro atoms. The van der Waals surface area contributed by atoms with Gasteiger partial charge >= 0.3 is 0 Å². The Hall–Kier alpha value is -2.84. The molecule has 29 heavy (non-hydrogen) atoms. The zero-order valence-electron chi connectivity index (χ0n) is 16.3. The summed E-state index contributed by atoms with van der Waals surface area (Å²) in [6.07, 6.45) is 1.75. The molecule has 0 aliphatic rings. The van der Waals surface area contributed by atoms with Gasteiger partial charge in [-0.3, -0.25) is 4.57 Å². The molecule has 0 saturated carbocycles. The van der Waals surface area contributed by atoms with Gasteiger partial charge < -0.3 is 9.47 Å². The van der Waals surface area contributed by atoms with Crippen molar-refractivity contribution in [2.45, 2.75) is 17.8 Å². The summed E-state index contributed by atoms with van der Waals surface area (Å²) in [5.74, 6) is 2.21. The molecule has 4 rings (SSSR count). The van der Waals surface area contributed by atoms with Crippen molar-refractivity contribution in [2.75, 3.05) is 14.2 Å². The summed E-state index contributed by atoms with van der Waals surface area (Å²) in [5, 5.41) is 12.2. The Bertz CT molecular complexity index is 1120. The molecule has 8 heteroatoms. The van der Waals surface area contributed by atoms with E-state index in [-0.39, 0.29) is 0 Å². The molecule has 148 valence electrons. The Morgan fingerprint density at radius 1 is 1.10 bits per heavy atom. The first-order valence-corrected chi connectivity index (χ1v) is 10.8. The van der Waals surface area contributed by atoms with Crippen molar-refractivity contribution in [3.8, 4) is 27.8 Å². The highest BCUT2D eigenvalue weighted by molar-refractivity contribution is 7.98. The van der Waals surface area contributed by atoms with Crippen molar-refractivity contribution < 1.29 is 9.47 Å². The third kappa shape index (κ3) is 4.13. The molecule has 0 atom stereocenters. The van der Waals surface area contributed by atoms with Crippen molar-refractivity contribution in [1.82, 2.24) is 19.7 Å². The Kier molecular flexibility index (Phi) is 5.82. The second-order valence-corrected chi connectivity index (χ2v) is 8.07. The second-order valence-electron chi connectivity index (χ2n) is 6.27. The van der Waals surface area contributed by atoms with Crippen molar-refractivity contribution in [3.63, 3.8) is 0 Å². The number of aromatic nitrogens is 4. The zero-order valence-corrected chi connectivity index (χ0v) is 18.0. The Balaban J connectivity index is 1.52. The summed E-state index contributed by atoms with van der Waals surface area (Å²) in [6, 6.07) is 14.0. The molecular formula is C21H20N4O2S2. The first-order chi connectivity index (χ1) is 14.2. The van der Waals surface area contributed by atoms with E-state index in [2.05, 4.69) is 34.6 Å². The number of ether oxygens (including phenoxy) is 2. The molecule has 0 aliphatic carbocycles. The minimum absolute atomic E-state index is 0.708. The second kappa shape index (κ2) is 8.67. The van der Waals surface area contributed by atoms with Crippen LogP contribution in [0.1, 0.15) is 11.3 Å². The summed E-state index contributed by atoms with van der Waals surface area (Å²) in [6.45, 7) is 2.08. The lowest BCUT2D eigenvalue weighted by atomic mass is 10.2. The van der Waals surface area contributed by atoms with E-state index in [0.29, 0.717) is 5.75 Å². The predicted molar refractivity (Wildman–Crippen MR) is 116 cm³/mol. The molecule has 2 aromatic heterocycles. The summed E-state index contributed by atoms with van der Waals surface area (Å²) in [5.41, 5.74) is 4.21. The lowest BCUT2D eigenvalue weighted by Gasteiger charge is -2.08. The van der Waals surface area contributed by atoms with Gasteiger partial charge in [-0.05, 0) is 30.7 Å². The predicted octanol–water partition coefficient (Wildman–Crippen LogP) is 5.01. The van der Waals surface area contributed by atoms with Crippen LogP contribution in [0.4, 0.5) is 0 Å². The maximum atomic E-state index is 5.51. The maximum Gasteiger partial charge on any atom is 0.196 e. The van der Waals surface area contributed by atoms with E-state index in [0.717, 1.165) is 38.6 Å². The highest BCUT2D eigenvalue weighted by atomic mass is 32.2. The number of rotatable bonds is 7. The van der Waals surface area contributed by atoms with E-state index < -0.39 is 0 Å². The van der Waals surface area contributed by atoms with Crippen LogP contribution in [-0.4, -0.2) is 34.0 Å². The molecule has 0 unspecified atom stereocenters. The van der Waals surface area contributed by atoms with Gasteiger partial charge in [-0.1, -0.05) is 30.0 Å². The maximum absolute atomic E-state index is 5.51. The number of nitrogens with zero attached hydrogens (tertiary/aromatic N) is 4. The fourth-order valence-corrected chi connectivity index (χ4v) is 4.70. The highest BCUT2D eigenvalue weighted by Crippen LogP contribution is 2.36. The van der Waals surface area contributed by atoms with Gasteiger partial charge in [0.2, 0.25) is 0 Å². The molecule has 0 saturated heterocycles. The molecule has 0 bridgehead atoms. The van der Waals surface area contributed by atoms with Gasteiger partial charge in [0.25, 0.3) is 0 Å². The number of thioether (sulfide) groups is 1. The number of hydrogen-bond donors (Lipinski definition) is 0. The molecule has 0 amide bonds. The molecule has 0 fully saturated rings. The van der Waals surface area contributed by atoms with Gasteiger partial charge in [-0.2, -0.15) is 0 Å². The lowest BCUT2D eigenvalue weighted by Crippen LogP contribution is -1.97. The third-order valence-corrected chi connectivity index (χ3v) is 6.33. The van der Waals surface area contributed by atoms with Crippen LogP contribution >= 0.6 is 23.1 Å². The molecule has 4 aromatic rings. The van der Waals surface area contributed by atoms with Gasteiger partial charge in [0.05, 0.1) is 31.2 Å². The van der Waals surface area contributed by atoms with Crippen LogP contribution in [0.5, 0.6) is 11.5 Å². The van der Waals surface area contributed by atoms with Gasteiger partial charge in [0.1, 0.15) is 22.8 Å². The first-order valence-electron chi connectivity index (χ1n) is 8.95. The van der Waals surface area contributed by atoms with Crippen molar-refractivity contribution in [1.29, 1.82) is 0 Å². The topological polar surface area (TPSA) is 62.1 Å². The van der Waals surface area contributed by atoms with E-state index in [1.165, 1.54) is 5.56 Å². The smallest absolute Gasteiger partial charge is 0.196 e. The molecule has 0 aliphatic heterocycles. The largest absolute Gasteiger partial charge is 0.497 e. The number of benzene rings is 2.